The number of carbonyl (C=O) groups is 1. The maximum absolute atomic E-state index is 12.1. The van der Waals surface area contributed by atoms with Gasteiger partial charge in [0.15, 0.2) is 0 Å². The quantitative estimate of drug-likeness (QED) is 0.813. The summed E-state index contributed by atoms with van der Waals surface area (Å²) in [4.78, 5) is 14.3. The lowest BCUT2D eigenvalue weighted by Gasteiger charge is -2.35. The molecule has 2 rings (SSSR count). The highest BCUT2D eigenvalue weighted by molar-refractivity contribution is 9.10. The normalized spacial score (nSPS) is 23.0. The lowest BCUT2D eigenvalue weighted by Crippen LogP contribution is -2.46. The van der Waals surface area contributed by atoms with Crippen LogP contribution in [0.5, 0.6) is 0 Å². The second-order valence-electron chi connectivity index (χ2n) is 5.56. The summed E-state index contributed by atoms with van der Waals surface area (Å²) in [5, 5.41) is 2.90. The van der Waals surface area contributed by atoms with Gasteiger partial charge in [-0.15, -0.1) is 0 Å². The van der Waals surface area contributed by atoms with Crippen LogP contribution in [0.1, 0.15) is 13.3 Å². The molecule has 1 aromatic carbocycles. The van der Waals surface area contributed by atoms with Crippen molar-refractivity contribution in [2.75, 3.05) is 37.8 Å². The summed E-state index contributed by atoms with van der Waals surface area (Å²) in [5.41, 5.74) is 7.09. The van der Waals surface area contributed by atoms with Crippen LogP contribution in [0.4, 0.5) is 11.4 Å². The second kappa shape index (κ2) is 7.24. The number of rotatable bonds is 4. The van der Waals surface area contributed by atoms with E-state index in [2.05, 4.69) is 33.1 Å². The van der Waals surface area contributed by atoms with Gasteiger partial charge in [-0.2, -0.15) is 0 Å². The van der Waals surface area contributed by atoms with Crippen LogP contribution in [0, 0.1) is 5.92 Å². The summed E-state index contributed by atoms with van der Waals surface area (Å²) in [6, 6.07) is 5.34. The van der Waals surface area contributed by atoms with Gasteiger partial charge in [0.1, 0.15) is 0 Å². The van der Waals surface area contributed by atoms with Gasteiger partial charge in [-0.3, -0.25) is 9.69 Å². The van der Waals surface area contributed by atoms with E-state index in [9.17, 15) is 4.79 Å². The average molecular weight is 356 g/mol. The van der Waals surface area contributed by atoms with Crippen molar-refractivity contribution in [2.24, 2.45) is 5.92 Å². The number of halogens is 1. The molecule has 1 fully saturated rings. The van der Waals surface area contributed by atoms with Crippen molar-refractivity contribution in [2.45, 2.75) is 19.4 Å². The van der Waals surface area contributed by atoms with Gasteiger partial charge in [0, 0.05) is 23.8 Å². The van der Waals surface area contributed by atoms with Gasteiger partial charge in [-0.05, 0) is 53.0 Å². The van der Waals surface area contributed by atoms with E-state index < -0.39 is 0 Å². The number of carbonyl (C=O) groups excluding carboxylic acids is 1. The van der Waals surface area contributed by atoms with E-state index in [1.54, 1.807) is 25.3 Å². The fourth-order valence-corrected chi connectivity index (χ4v) is 3.07. The highest BCUT2D eigenvalue weighted by Gasteiger charge is 2.27. The summed E-state index contributed by atoms with van der Waals surface area (Å²) in [6.07, 6.45) is 1.26. The molecule has 2 unspecified atom stereocenters. The van der Waals surface area contributed by atoms with Crippen LogP contribution in [0.2, 0.25) is 0 Å². The first-order valence-electron chi connectivity index (χ1n) is 7.09. The zero-order valence-corrected chi connectivity index (χ0v) is 14.0. The maximum Gasteiger partial charge on any atom is 0.238 e. The van der Waals surface area contributed by atoms with Crippen molar-refractivity contribution in [3.8, 4) is 0 Å². The number of nitrogens with one attached hydrogen (secondary N) is 1. The zero-order valence-electron chi connectivity index (χ0n) is 12.4. The van der Waals surface area contributed by atoms with Gasteiger partial charge in [-0.1, -0.05) is 6.92 Å². The third-order valence-electron chi connectivity index (χ3n) is 3.91. The molecular formula is C15H22BrN3O2. The SMILES string of the molecule is COC1CN(CC(=O)Nc2ccc(N)cc2Br)CCC1C. The van der Waals surface area contributed by atoms with Gasteiger partial charge >= 0.3 is 0 Å². The van der Waals surface area contributed by atoms with Gasteiger partial charge in [0.25, 0.3) is 0 Å². The number of ether oxygens (including phenoxy) is 1. The smallest absolute Gasteiger partial charge is 0.238 e. The first-order valence-corrected chi connectivity index (χ1v) is 7.89. The van der Waals surface area contributed by atoms with Gasteiger partial charge in [0.2, 0.25) is 5.91 Å². The molecule has 0 bridgehead atoms. The molecule has 1 saturated heterocycles. The van der Waals surface area contributed by atoms with Crippen molar-refractivity contribution in [3.05, 3.63) is 22.7 Å². The monoisotopic (exact) mass is 355 g/mol. The number of hydrogen-bond acceptors (Lipinski definition) is 4. The summed E-state index contributed by atoms with van der Waals surface area (Å²) < 4.78 is 6.26. The largest absolute Gasteiger partial charge is 0.399 e. The Bertz CT molecular complexity index is 510. The molecule has 0 aliphatic carbocycles. The van der Waals surface area contributed by atoms with E-state index in [0.717, 1.165) is 29.7 Å². The van der Waals surface area contributed by atoms with Crippen molar-refractivity contribution in [1.82, 2.24) is 4.90 Å². The fraction of sp³-hybridized carbons (Fsp3) is 0.533. The first-order chi connectivity index (χ1) is 9.99. The molecule has 21 heavy (non-hydrogen) atoms. The van der Waals surface area contributed by atoms with Crippen molar-refractivity contribution < 1.29 is 9.53 Å². The molecule has 1 aromatic rings. The maximum atomic E-state index is 12.1. The average Bonchev–Trinajstić information content (AvgIpc) is 2.44. The predicted molar refractivity (Wildman–Crippen MR) is 88.2 cm³/mol. The van der Waals surface area contributed by atoms with Crippen molar-refractivity contribution in [3.63, 3.8) is 0 Å². The number of nitrogen functional groups attached to an aromatic ring is 1. The highest BCUT2D eigenvalue weighted by Crippen LogP contribution is 2.25. The van der Waals surface area contributed by atoms with E-state index in [-0.39, 0.29) is 12.0 Å². The van der Waals surface area contributed by atoms with E-state index in [0.29, 0.717) is 18.2 Å². The minimum Gasteiger partial charge on any atom is -0.399 e. The molecule has 6 heteroatoms. The molecule has 1 aliphatic rings. The number of anilines is 2. The number of hydrogen-bond donors (Lipinski definition) is 2. The highest BCUT2D eigenvalue weighted by atomic mass is 79.9. The molecule has 5 nitrogen and oxygen atoms in total. The molecule has 0 aromatic heterocycles. The minimum atomic E-state index is -0.0233. The lowest BCUT2D eigenvalue weighted by molar-refractivity contribution is -0.118. The molecule has 0 saturated carbocycles. The number of piperidine rings is 1. The molecular weight excluding hydrogens is 334 g/mol. The van der Waals surface area contributed by atoms with E-state index in [1.807, 2.05) is 0 Å². The van der Waals surface area contributed by atoms with Crippen molar-refractivity contribution >= 4 is 33.2 Å². The molecule has 2 atom stereocenters. The molecule has 1 aliphatic heterocycles. The zero-order chi connectivity index (χ0) is 15.4. The standard InChI is InChI=1S/C15H22BrN3O2/c1-10-5-6-19(8-14(10)21-2)9-15(20)18-13-4-3-11(17)7-12(13)16/h3-4,7,10,14H,5-6,8-9,17H2,1-2H3,(H,18,20). The Kier molecular flexibility index (Phi) is 5.61. The third-order valence-corrected chi connectivity index (χ3v) is 4.57. The number of amides is 1. The van der Waals surface area contributed by atoms with E-state index in [4.69, 9.17) is 10.5 Å². The van der Waals surface area contributed by atoms with E-state index >= 15 is 0 Å². The predicted octanol–water partition coefficient (Wildman–Crippen LogP) is 2.33. The van der Waals surface area contributed by atoms with Gasteiger partial charge in [0.05, 0.1) is 18.3 Å². The Morgan fingerprint density at radius 1 is 1.57 bits per heavy atom. The minimum absolute atomic E-state index is 0.0233. The Hall–Kier alpha value is -1.11. The topological polar surface area (TPSA) is 67.6 Å². The molecule has 0 radical (unpaired) electrons. The van der Waals surface area contributed by atoms with Crippen LogP contribution < -0.4 is 11.1 Å². The number of methoxy groups -OCH3 is 1. The lowest BCUT2D eigenvalue weighted by atomic mass is 9.96. The van der Waals surface area contributed by atoms with Gasteiger partial charge in [-0.25, -0.2) is 0 Å². The Morgan fingerprint density at radius 3 is 3.00 bits per heavy atom. The molecule has 3 N–H and O–H groups in total. The molecule has 1 heterocycles. The van der Waals surface area contributed by atoms with Crippen molar-refractivity contribution in [1.29, 1.82) is 0 Å². The van der Waals surface area contributed by atoms with Crippen LogP contribution in [0.3, 0.4) is 0 Å². The summed E-state index contributed by atoms with van der Waals surface area (Å²) in [5.74, 6) is 0.519. The molecule has 1 amide bonds. The molecule has 116 valence electrons. The first kappa shape index (κ1) is 16.3. The molecule has 0 spiro atoms. The Labute approximate surface area is 134 Å². The van der Waals surface area contributed by atoms with Crippen LogP contribution in [0.25, 0.3) is 0 Å². The third kappa shape index (κ3) is 4.43. The second-order valence-corrected chi connectivity index (χ2v) is 6.42. The number of nitrogens with two attached hydrogens (primary N) is 1. The summed E-state index contributed by atoms with van der Waals surface area (Å²) >= 11 is 3.40. The van der Waals surface area contributed by atoms with Crippen LogP contribution in [-0.4, -0.2) is 43.7 Å². The summed E-state index contributed by atoms with van der Waals surface area (Å²) in [6.45, 7) is 4.30. The van der Waals surface area contributed by atoms with E-state index in [1.165, 1.54) is 0 Å². The summed E-state index contributed by atoms with van der Waals surface area (Å²) in [7, 11) is 1.73. The Balaban J connectivity index is 1.90. The van der Waals surface area contributed by atoms with Crippen LogP contribution >= 0.6 is 15.9 Å². The van der Waals surface area contributed by atoms with Crippen LogP contribution in [0.15, 0.2) is 22.7 Å². The number of benzene rings is 1. The van der Waals surface area contributed by atoms with Gasteiger partial charge < -0.3 is 15.8 Å². The number of likely N-dealkylation sites (tertiary alicyclic amines) is 1. The Morgan fingerprint density at radius 2 is 2.33 bits per heavy atom. The van der Waals surface area contributed by atoms with Crippen LogP contribution in [-0.2, 0) is 9.53 Å². The fourth-order valence-electron chi connectivity index (χ4n) is 2.57. The number of nitrogens with zero attached hydrogens (tertiary/aromatic N) is 1.